The van der Waals surface area contributed by atoms with Gasteiger partial charge in [-0.15, -0.1) is 0 Å². The van der Waals surface area contributed by atoms with Crippen LogP contribution in [0, 0.1) is 0 Å². The van der Waals surface area contributed by atoms with Crippen molar-refractivity contribution in [1.29, 1.82) is 0 Å². The Balaban J connectivity index is 2.09. The fraction of sp³-hybridized carbons (Fsp3) is 0.857. The van der Waals surface area contributed by atoms with Gasteiger partial charge >= 0.3 is 0 Å². The number of rotatable bonds is 2. The van der Waals surface area contributed by atoms with Gasteiger partial charge in [0.1, 0.15) is 6.23 Å². The Morgan fingerprint density at radius 1 is 1.55 bits per heavy atom. The summed E-state index contributed by atoms with van der Waals surface area (Å²) >= 11 is 0. The van der Waals surface area contributed by atoms with Crippen molar-refractivity contribution in [3.8, 4) is 0 Å². The van der Waals surface area contributed by atoms with Gasteiger partial charge in [0.2, 0.25) is 5.91 Å². The molecule has 1 heterocycles. The van der Waals surface area contributed by atoms with Crippen molar-refractivity contribution >= 4 is 5.91 Å². The van der Waals surface area contributed by atoms with Crippen LogP contribution in [-0.4, -0.2) is 18.7 Å². The van der Waals surface area contributed by atoms with Crippen LogP contribution < -0.4 is 10.9 Å². The average Bonchev–Trinajstić information content (AvgIpc) is 2.03. The third-order valence-electron chi connectivity index (χ3n) is 1.59. The molecule has 0 saturated carbocycles. The molecule has 4 nitrogen and oxygen atoms in total. The molecule has 0 radical (unpaired) electrons. The normalized spacial score (nSPS) is 24.6. The molecular weight excluding hydrogens is 144 g/mol. The Bertz CT molecular complexity index is 132. The number of carbonyl (C=O) groups excluding carboxylic acids is 1. The number of hydrogen-bond donors (Lipinski definition) is 2. The first-order chi connectivity index (χ1) is 5.29. The standard InChI is InChI=1S/C7H14N2O2/c1-6(10)8-9-7-4-2-3-5-11-7/h7,9H,2-5H2,1H3,(H,8,10)/t7-/m1/s1. The molecule has 0 aliphatic carbocycles. The van der Waals surface area contributed by atoms with Gasteiger partial charge in [-0.1, -0.05) is 0 Å². The monoisotopic (exact) mass is 158 g/mol. The third kappa shape index (κ3) is 3.34. The van der Waals surface area contributed by atoms with E-state index in [4.69, 9.17) is 4.74 Å². The first-order valence-corrected chi connectivity index (χ1v) is 3.93. The van der Waals surface area contributed by atoms with Gasteiger partial charge in [0.25, 0.3) is 0 Å². The number of hydrazine groups is 1. The summed E-state index contributed by atoms with van der Waals surface area (Å²) in [5, 5.41) is 0. The minimum absolute atomic E-state index is 0.00708. The molecule has 1 amide bonds. The molecule has 0 aromatic rings. The highest BCUT2D eigenvalue weighted by molar-refractivity contribution is 5.72. The summed E-state index contributed by atoms with van der Waals surface area (Å²) < 4.78 is 5.30. The van der Waals surface area contributed by atoms with E-state index in [0.29, 0.717) is 0 Å². The van der Waals surface area contributed by atoms with Crippen LogP contribution in [0.15, 0.2) is 0 Å². The van der Waals surface area contributed by atoms with Crippen molar-refractivity contribution in [2.24, 2.45) is 0 Å². The maximum atomic E-state index is 10.5. The summed E-state index contributed by atoms with van der Waals surface area (Å²) in [6.07, 6.45) is 3.27. The molecule has 4 heteroatoms. The number of nitrogens with one attached hydrogen (secondary N) is 2. The van der Waals surface area contributed by atoms with Gasteiger partial charge in [0.05, 0.1) is 0 Å². The second kappa shape index (κ2) is 4.31. The van der Waals surface area contributed by atoms with E-state index in [1.807, 2.05) is 0 Å². The quantitative estimate of drug-likeness (QED) is 0.562. The molecule has 1 aliphatic heterocycles. The smallest absolute Gasteiger partial charge is 0.231 e. The first kappa shape index (κ1) is 8.49. The lowest BCUT2D eigenvalue weighted by Gasteiger charge is -2.23. The van der Waals surface area contributed by atoms with Gasteiger partial charge < -0.3 is 4.74 Å². The van der Waals surface area contributed by atoms with Crippen molar-refractivity contribution < 1.29 is 9.53 Å². The van der Waals surface area contributed by atoms with Crippen molar-refractivity contribution in [3.05, 3.63) is 0 Å². The van der Waals surface area contributed by atoms with E-state index >= 15 is 0 Å². The summed E-state index contributed by atoms with van der Waals surface area (Å²) in [6.45, 7) is 2.26. The summed E-state index contributed by atoms with van der Waals surface area (Å²) in [5.74, 6) is -0.0841. The van der Waals surface area contributed by atoms with Gasteiger partial charge in [-0.2, -0.15) is 0 Å². The Morgan fingerprint density at radius 3 is 2.91 bits per heavy atom. The van der Waals surface area contributed by atoms with E-state index in [-0.39, 0.29) is 12.1 Å². The predicted octanol–water partition coefficient (Wildman–Crippen LogP) is 0.154. The number of carbonyl (C=O) groups is 1. The van der Waals surface area contributed by atoms with E-state index in [1.54, 1.807) is 0 Å². The molecule has 0 aromatic heterocycles. The lowest BCUT2D eigenvalue weighted by atomic mass is 10.2. The van der Waals surface area contributed by atoms with Crippen LogP contribution in [0.3, 0.4) is 0 Å². The Kier molecular flexibility index (Phi) is 3.32. The molecule has 11 heavy (non-hydrogen) atoms. The molecule has 0 aromatic carbocycles. The average molecular weight is 158 g/mol. The highest BCUT2D eigenvalue weighted by Gasteiger charge is 2.12. The molecule has 0 unspecified atom stereocenters. The van der Waals surface area contributed by atoms with Gasteiger partial charge in [-0.05, 0) is 19.3 Å². The van der Waals surface area contributed by atoms with E-state index in [1.165, 1.54) is 6.92 Å². The number of ether oxygens (including phenoxy) is 1. The SMILES string of the molecule is CC(=O)NN[C@H]1CCCCO1. The van der Waals surface area contributed by atoms with Gasteiger partial charge in [-0.3, -0.25) is 10.2 Å². The van der Waals surface area contributed by atoms with E-state index in [2.05, 4.69) is 10.9 Å². The Morgan fingerprint density at radius 2 is 2.36 bits per heavy atom. The summed E-state index contributed by atoms with van der Waals surface area (Å²) in [4.78, 5) is 10.5. The topological polar surface area (TPSA) is 50.4 Å². The van der Waals surface area contributed by atoms with E-state index in [0.717, 1.165) is 25.9 Å². The highest BCUT2D eigenvalue weighted by atomic mass is 16.5. The zero-order valence-corrected chi connectivity index (χ0v) is 6.72. The fourth-order valence-corrected chi connectivity index (χ4v) is 1.04. The second-order valence-corrected chi connectivity index (χ2v) is 2.68. The Labute approximate surface area is 66.3 Å². The van der Waals surface area contributed by atoms with Crippen molar-refractivity contribution in [2.75, 3.05) is 6.61 Å². The van der Waals surface area contributed by atoms with Crippen LogP contribution in [0.5, 0.6) is 0 Å². The van der Waals surface area contributed by atoms with Crippen molar-refractivity contribution in [1.82, 2.24) is 10.9 Å². The van der Waals surface area contributed by atoms with Crippen molar-refractivity contribution in [3.63, 3.8) is 0 Å². The molecule has 1 saturated heterocycles. The summed E-state index contributed by atoms with van der Waals surface area (Å²) in [7, 11) is 0. The van der Waals surface area contributed by atoms with Crippen LogP contribution in [0.4, 0.5) is 0 Å². The molecule has 0 spiro atoms. The number of hydrogen-bond acceptors (Lipinski definition) is 3. The maximum Gasteiger partial charge on any atom is 0.231 e. The van der Waals surface area contributed by atoms with Crippen molar-refractivity contribution in [2.45, 2.75) is 32.4 Å². The van der Waals surface area contributed by atoms with Crippen LogP contribution in [0.1, 0.15) is 26.2 Å². The van der Waals surface area contributed by atoms with Crippen LogP contribution in [-0.2, 0) is 9.53 Å². The fourth-order valence-electron chi connectivity index (χ4n) is 1.04. The molecular formula is C7H14N2O2. The van der Waals surface area contributed by atoms with Crippen LogP contribution in [0.25, 0.3) is 0 Å². The summed E-state index contributed by atoms with van der Waals surface area (Å²) in [5.41, 5.74) is 5.30. The molecule has 1 atom stereocenters. The number of amides is 1. The van der Waals surface area contributed by atoms with Gasteiger partial charge in [-0.25, -0.2) is 5.43 Å². The zero-order valence-electron chi connectivity index (χ0n) is 6.72. The molecule has 0 bridgehead atoms. The first-order valence-electron chi connectivity index (χ1n) is 3.93. The molecule has 64 valence electrons. The molecule has 2 N–H and O–H groups in total. The highest BCUT2D eigenvalue weighted by Crippen LogP contribution is 2.08. The molecule has 1 aliphatic rings. The molecule has 1 fully saturated rings. The largest absolute Gasteiger partial charge is 0.362 e. The maximum absolute atomic E-state index is 10.5. The zero-order chi connectivity index (χ0) is 8.10. The lowest BCUT2D eigenvalue weighted by molar-refractivity contribution is -0.122. The molecule has 1 rings (SSSR count). The van der Waals surface area contributed by atoms with Crippen LogP contribution >= 0.6 is 0 Å². The van der Waals surface area contributed by atoms with Crippen LogP contribution in [0.2, 0.25) is 0 Å². The minimum Gasteiger partial charge on any atom is -0.362 e. The summed E-state index contributed by atoms with van der Waals surface area (Å²) in [6, 6.07) is 0. The third-order valence-corrected chi connectivity index (χ3v) is 1.59. The Hall–Kier alpha value is -0.610. The van der Waals surface area contributed by atoms with E-state index in [9.17, 15) is 4.79 Å². The predicted molar refractivity (Wildman–Crippen MR) is 40.5 cm³/mol. The minimum atomic E-state index is -0.0841. The second-order valence-electron chi connectivity index (χ2n) is 2.68. The van der Waals surface area contributed by atoms with Gasteiger partial charge in [0.15, 0.2) is 0 Å². The van der Waals surface area contributed by atoms with E-state index < -0.39 is 0 Å². The lowest BCUT2D eigenvalue weighted by Crippen LogP contribution is -2.45. The van der Waals surface area contributed by atoms with Gasteiger partial charge in [0, 0.05) is 13.5 Å².